The van der Waals surface area contributed by atoms with Gasteiger partial charge < -0.3 is 9.16 Å². The van der Waals surface area contributed by atoms with E-state index < -0.39 is 15.6 Å². The highest BCUT2D eigenvalue weighted by Gasteiger charge is 2.46. The standard InChI is InChI=1S/C30H38O3PSi/c1-7-32-29(31)23-25(33-35(5,6)30(2,3)4)24-34(26-17-11-8-12-18-26,27-19-13-9-14-20-27)28-21-15-10-16-22-28/h8-22,24H,7,23H2,1-6H3/q+1/b25-24+. The minimum atomic E-state index is -2.30. The Morgan fingerprint density at radius 3 is 1.54 bits per heavy atom. The maximum absolute atomic E-state index is 12.8. The second-order valence-electron chi connectivity index (χ2n) is 10.2. The van der Waals surface area contributed by atoms with Crippen molar-refractivity contribution in [2.24, 2.45) is 0 Å². The molecule has 3 rings (SSSR count). The predicted molar refractivity (Wildman–Crippen MR) is 153 cm³/mol. The molecule has 0 atom stereocenters. The van der Waals surface area contributed by atoms with E-state index in [1.165, 1.54) is 15.9 Å². The zero-order chi connectivity index (χ0) is 25.5. The normalized spacial score (nSPS) is 12.8. The smallest absolute Gasteiger partial charge is 0.313 e. The molecule has 35 heavy (non-hydrogen) atoms. The van der Waals surface area contributed by atoms with Gasteiger partial charge in [0.2, 0.25) is 8.32 Å². The predicted octanol–water partition coefficient (Wildman–Crippen LogP) is 6.80. The van der Waals surface area contributed by atoms with Gasteiger partial charge >= 0.3 is 5.97 Å². The van der Waals surface area contributed by atoms with E-state index in [9.17, 15) is 4.79 Å². The summed E-state index contributed by atoms with van der Waals surface area (Å²) in [6.45, 7) is 13.3. The first kappa shape index (κ1) is 26.9. The highest BCUT2D eigenvalue weighted by molar-refractivity contribution is 7.98. The van der Waals surface area contributed by atoms with Gasteiger partial charge in [-0.1, -0.05) is 75.4 Å². The Bertz CT molecular complexity index is 1020. The molecule has 0 N–H and O–H groups in total. The molecule has 0 heterocycles. The number of ether oxygens (including phenoxy) is 1. The molecule has 0 aliphatic heterocycles. The number of esters is 1. The van der Waals surface area contributed by atoms with Crippen LogP contribution >= 0.6 is 7.26 Å². The maximum atomic E-state index is 12.8. The van der Waals surface area contributed by atoms with Crippen molar-refractivity contribution in [3.63, 3.8) is 0 Å². The summed E-state index contributed by atoms with van der Waals surface area (Å²) in [5.74, 6) is 2.72. The maximum Gasteiger partial charge on any atom is 0.313 e. The number of benzene rings is 3. The molecule has 0 fully saturated rings. The van der Waals surface area contributed by atoms with E-state index in [2.05, 4.69) is 112 Å². The van der Waals surface area contributed by atoms with Crippen LogP contribution in [0, 0.1) is 0 Å². The third-order valence-electron chi connectivity index (χ3n) is 6.64. The lowest BCUT2D eigenvalue weighted by atomic mass is 10.2. The molecule has 0 aromatic heterocycles. The molecular formula is C30H38O3PSi+. The lowest BCUT2D eigenvalue weighted by Gasteiger charge is -2.37. The molecule has 0 saturated carbocycles. The molecule has 0 bridgehead atoms. The van der Waals surface area contributed by atoms with Crippen LogP contribution in [-0.2, 0) is 14.0 Å². The van der Waals surface area contributed by atoms with Gasteiger partial charge in [-0.25, -0.2) is 0 Å². The molecular weight excluding hydrogens is 467 g/mol. The van der Waals surface area contributed by atoms with Crippen molar-refractivity contribution < 1.29 is 14.0 Å². The number of carbonyl (C=O) groups excluding carboxylic acids is 1. The van der Waals surface area contributed by atoms with Gasteiger partial charge in [-0.3, -0.25) is 4.79 Å². The van der Waals surface area contributed by atoms with Crippen LogP contribution < -0.4 is 15.9 Å². The van der Waals surface area contributed by atoms with Crippen LogP contribution in [0.25, 0.3) is 0 Å². The first-order chi connectivity index (χ1) is 16.6. The number of hydrogen-bond acceptors (Lipinski definition) is 3. The van der Waals surface area contributed by atoms with Crippen molar-refractivity contribution in [1.29, 1.82) is 0 Å². The van der Waals surface area contributed by atoms with Gasteiger partial charge in [0.05, 0.1) is 6.61 Å². The number of rotatable bonds is 9. The fraction of sp³-hybridized carbons (Fsp3) is 0.300. The van der Waals surface area contributed by atoms with Crippen LogP contribution in [0.1, 0.15) is 34.1 Å². The molecule has 0 amide bonds. The monoisotopic (exact) mass is 505 g/mol. The van der Waals surface area contributed by atoms with E-state index in [4.69, 9.17) is 9.16 Å². The number of carbonyl (C=O) groups is 1. The summed E-state index contributed by atoms with van der Waals surface area (Å²) < 4.78 is 12.2. The molecule has 0 unspecified atom stereocenters. The van der Waals surface area contributed by atoms with Crippen molar-refractivity contribution in [3.05, 3.63) is 103 Å². The van der Waals surface area contributed by atoms with Gasteiger partial charge in [-0.2, -0.15) is 0 Å². The molecule has 0 spiro atoms. The van der Waals surface area contributed by atoms with Gasteiger partial charge in [0.15, 0.2) is 0 Å². The van der Waals surface area contributed by atoms with Crippen molar-refractivity contribution in [1.82, 2.24) is 0 Å². The molecule has 0 aliphatic rings. The first-order valence-electron chi connectivity index (χ1n) is 12.2. The minimum Gasteiger partial charge on any atom is -0.544 e. The summed E-state index contributed by atoms with van der Waals surface area (Å²) in [6.07, 6.45) is 0.120. The molecule has 3 nitrogen and oxygen atoms in total. The van der Waals surface area contributed by atoms with Gasteiger partial charge in [0.1, 0.15) is 41.2 Å². The topological polar surface area (TPSA) is 35.5 Å². The van der Waals surface area contributed by atoms with E-state index in [0.717, 1.165) is 0 Å². The molecule has 5 heteroatoms. The van der Waals surface area contributed by atoms with E-state index in [0.29, 0.717) is 12.4 Å². The van der Waals surface area contributed by atoms with Gasteiger partial charge in [0, 0.05) is 0 Å². The molecule has 3 aromatic rings. The fourth-order valence-corrected chi connectivity index (χ4v) is 8.86. The summed E-state index contributed by atoms with van der Waals surface area (Å²) in [4.78, 5) is 12.8. The Labute approximate surface area is 212 Å². The van der Waals surface area contributed by atoms with Gasteiger partial charge in [-0.05, 0) is 61.5 Å². The SMILES string of the molecule is CCOC(=O)C/C(=C\[P+](c1ccccc1)(c1ccccc1)c1ccccc1)O[Si](C)(C)C(C)(C)C. The molecule has 0 aliphatic carbocycles. The Morgan fingerprint density at radius 2 is 1.20 bits per heavy atom. The van der Waals surface area contributed by atoms with E-state index in [-0.39, 0.29) is 17.4 Å². The lowest BCUT2D eigenvalue weighted by molar-refractivity contribution is -0.142. The van der Waals surface area contributed by atoms with Gasteiger partial charge in [0.25, 0.3) is 0 Å². The second kappa shape index (κ2) is 11.4. The number of hydrogen-bond donors (Lipinski definition) is 0. The van der Waals surface area contributed by atoms with Crippen molar-refractivity contribution in [2.45, 2.75) is 52.2 Å². The lowest BCUT2D eigenvalue weighted by Crippen LogP contribution is -2.41. The Kier molecular flexibility index (Phi) is 8.74. The zero-order valence-electron chi connectivity index (χ0n) is 21.8. The summed E-state index contributed by atoms with van der Waals surface area (Å²) in [7, 11) is -4.51. The summed E-state index contributed by atoms with van der Waals surface area (Å²) in [6, 6.07) is 31.8. The van der Waals surface area contributed by atoms with Crippen molar-refractivity contribution in [3.8, 4) is 0 Å². The van der Waals surface area contributed by atoms with E-state index in [1.807, 2.05) is 25.1 Å². The van der Waals surface area contributed by atoms with Crippen molar-refractivity contribution >= 4 is 37.5 Å². The largest absolute Gasteiger partial charge is 0.544 e. The van der Waals surface area contributed by atoms with Crippen LogP contribution in [0.5, 0.6) is 0 Å². The average molecular weight is 506 g/mol. The third-order valence-corrected chi connectivity index (χ3v) is 15.0. The highest BCUT2D eigenvalue weighted by Crippen LogP contribution is 2.58. The van der Waals surface area contributed by atoms with Crippen LogP contribution in [0.3, 0.4) is 0 Å². The first-order valence-corrected chi connectivity index (χ1v) is 17.0. The Hall–Kier alpha value is -2.68. The van der Waals surface area contributed by atoms with E-state index in [1.54, 1.807) is 0 Å². The fourth-order valence-electron chi connectivity index (χ4n) is 3.82. The zero-order valence-corrected chi connectivity index (χ0v) is 23.7. The molecule has 3 aromatic carbocycles. The summed E-state index contributed by atoms with van der Waals surface area (Å²) in [5, 5.41) is 3.65. The molecule has 184 valence electrons. The van der Waals surface area contributed by atoms with Crippen LogP contribution in [0.2, 0.25) is 18.1 Å². The Morgan fingerprint density at radius 1 is 0.800 bits per heavy atom. The molecule has 0 saturated heterocycles. The molecule has 0 radical (unpaired) electrons. The minimum absolute atomic E-state index is 0.00586. The Balaban J connectivity index is 2.34. The van der Waals surface area contributed by atoms with E-state index >= 15 is 0 Å². The van der Waals surface area contributed by atoms with Crippen LogP contribution in [-0.4, -0.2) is 20.9 Å². The second-order valence-corrected chi connectivity index (χ2v) is 18.1. The van der Waals surface area contributed by atoms with Crippen molar-refractivity contribution in [2.75, 3.05) is 6.61 Å². The quantitative estimate of drug-likeness (QED) is 0.139. The summed E-state index contributed by atoms with van der Waals surface area (Å²) >= 11 is 0. The van der Waals surface area contributed by atoms with Crippen LogP contribution in [0.15, 0.2) is 103 Å². The summed E-state index contributed by atoms with van der Waals surface area (Å²) in [5.41, 5.74) is 0. The van der Waals surface area contributed by atoms with Crippen LogP contribution in [0.4, 0.5) is 0 Å². The average Bonchev–Trinajstić information content (AvgIpc) is 2.83. The van der Waals surface area contributed by atoms with Gasteiger partial charge in [-0.15, -0.1) is 0 Å². The third kappa shape index (κ3) is 6.31. The highest BCUT2D eigenvalue weighted by atomic mass is 31.2.